The molecule has 0 bridgehead atoms. The molecule has 1 aliphatic rings. The monoisotopic (exact) mass is 167 g/mol. The predicted octanol–water partition coefficient (Wildman–Crippen LogP) is 2.87. The van der Waals surface area contributed by atoms with Crippen LogP contribution >= 0.6 is 0 Å². The van der Waals surface area contributed by atoms with Crippen LogP contribution in [0.4, 0.5) is 0 Å². The van der Waals surface area contributed by atoms with Crippen LogP contribution in [-0.2, 0) is 0 Å². The molecular formula is C11H21N. The van der Waals surface area contributed by atoms with E-state index in [0.717, 1.165) is 6.04 Å². The zero-order valence-corrected chi connectivity index (χ0v) is 8.18. The van der Waals surface area contributed by atoms with Gasteiger partial charge < -0.3 is 5.32 Å². The van der Waals surface area contributed by atoms with Crippen LogP contribution in [0, 0.1) is 0 Å². The van der Waals surface area contributed by atoms with Crippen molar-refractivity contribution in [3.63, 3.8) is 0 Å². The number of allylic oxidation sites excluding steroid dienone is 2. The van der Waals surface area contributed by atoms with Gasteiger partial charge in [0.15, 0.2) is 0 Å². The summed E-state index contributed by atoms with van der Waals surface area (Å²) in [4.78, 5) is 0. The zero-order chi connectivity index (χ0) is 8.65. The van der Waals surface area contributed by atoms with Crippen LogP contribution in [0.15, 0.2) is 12.2 Å². The largest absolute Gasteiger partial charge is 0.314 e. The van der Waals surface area contributed by atoms with Gasteiger partial charge in [-0.3, -0.25) is 0 Å². The molecule has 0 spiro atoms. The van der Waals surface area contributed by atoms with Gasteiger partial charge in [0.1, 0.15) is 0 Å². The molecule has 0 radical (unpaired) electrons. The molecule has 0 aromatic heterocycles. The van der Waals surface area contributed by atoms with Gasteiger partial charge in [-0.2, -0.15) is 0 Å². The minimum absolute atomic E-state index is 0.806. The normalized spacial score (nSPS) is 24.9. The van der Waals surface area contributed by atoms with Gasteiger partial charge in [-0.05, 0) is 38.6 Å². The Hall–Kier alpha value is -0.300. The SMILES string of the molecule is CCC=CCCC1CCCCN1. The molecule has 1 unspecified atom stereocenters. The fourth-order valence-electron chi connectivity index (χ4n) is 1.75. The third-order valence-electron chi connectivity index (χ3n) is 2.50. The lowest BCUT2D eigenvalue weighted by atomic mass is 10.0. The minimum Gasteiger partial charge on any atom is -0.314 e. The molecular weight excluding hydrogens is 146 g/mol. The summed E-state index contributed by atoms with van der Waals surface area (Å²) in [6, 6.07) is 0.806. The predicted molar refractivity (Wildman–Crippen MR) is 54.3 cm³/mol. The van der Waals surface area contributed by atoms with Gasteiger partial charge in [0.05, 0.1) is 0 Å². The van der Waals surface area contributed by atoms with Crippen LogP contribution < -0.4 is 5.32 Å². The molecule has 1 aliphatic heterocycles. The molecule has 1 atom stereocenters. The highest BCUT2D eigenvalue weighted by molar-refractivity contribution is 4.83. The molecule has 0 aromatic carbocycles. The Balaban J connectivity index is 2.01. The summed E-state index contributed by atoms with van der Waals surface area (Å²) < 4.78 is 0. The first-order valence-electron chi connectivity index (χ1n) is 5.32. The van der Waals surface area contributed by atoms with Gasteiger partial charge in [-0.1, -0.05) is 25.5 Å². The zero-order valence-electron chi connectivity index (χ0n) is 8.18. The summed E-state index contributed by atoms with van der Waals surface area (Å²) in [6.45, 7) is 3.43. The number of piperidine rings is 1. The van der Waals surface area contributed by atoms with Crippen molar-refractivity contribution >= 4 is 0 Å². The van der Waals surface area contributed by atoms with E-state index in [4.69, 9.17) is 0 Å². The minimum atomic E-state index is 0.806. The third kappa shape index (κ3) is 3.91. The van der Waals surface area contributed by atoms with E-state index < -0.39 is 0 Å². The summed E-state index contributed by atoms with van der Waals surface area (Å²) in [5, 5.41) is 3.56. The molecule has 1 heteroatoms. The van der Waals surface area contributed by atoms with Crippen LogP contribution in [0.5, 0.6) is 0 Å². The maximum atomic E-state index is 3.56. The topological polar surface area (TPSA) is 12.0 Å². The molecule has 1 heterocycles. The summed E-state index contributed by atoms with van der Waals surface area (Å²) >= 11 is 0. The molecule has 1 N–H and O–H groups in total. The Morgan fingerprint density at radius 2 is 2.25 bits per heavy atom. The van der Waals surface area contributed by atoms with E-state index in [1.54, 1.807) is 0 Å². The van der Waals surface area contributed by atoms with Crippen molar-refractivity contribution in [2.45, 2.75) is 51.5 Å². The highest BCUT2D eigenvalue weighted by Gasteiger charge is 2.10. The number of rotatable bonds is 4. The summed E-state index contributed by atoms with van der Waals surface area (Å²) in [6.07, 6.45) is 12.5. The fourth-order valence-corrected chi connectivity index (χ4v) is 1.75. The smallest absolute Gasteiger partial charge is 0.00700 e. The lowest BCUT2D eigenvalue weighted by Gasteiger charge is -2.22. The van der Waals surface area contributed by atoms with Crippen molar-refractivity contribution in [1.29, 1.82) is 0 Å². The Labute approximate surface area is 76.2 Å². The van der Waals surface area contributed by atoms with Gasteiger partial charge in [0.2, 0.25) is 0 Å². The fraction of sp³-hybridized carbons (Fsp3) is 0.818. The van der Waals surface area contributed by atoms with Crippen molar-refractivity contribution < 1.29 is 0 Å². The first-order valence-corrected chi connectivity index (χ1v) is 5.32. The van der Waals surface area contributed by atoms with Crippen molar-refractivity contribution in [2.24, 2.45) is 0 Å². The Morgan fingerprint density at radius 3 is 2.92 bits per heavy atom. The van der Waals surface area contributed by atoms with Gasteiger partial charge in [0, 0.05) is 6.04 Å². The van der Waals surface area contributed by atoms with Gasteiger partial charge >= 0.3 is 0 Å². The van der Waals surface area contributed by atoms with Gasteiger partial charge in [0.25, 0.3) is 0 Å². The summed E-state index contributed by atoms with van der Waals surface area (Å²) in [5.41, 5.74) is 0. The molecule has 1 saturated heterocycles. The molecule has 1 nitrogen and oxygen atoms in total. The van der Waals surface area contributed by atoms with Crippen LogP contribution in [0.2, 0.25) is 0 Å². The molecule has 0 saturated carbocycles. The molecule has 1 fully saturated rings. The maximum absolute atomic E-state index is 3.56. The lowest BCUT2D eigenvalue weighted by Crippen LogP contribution is -2.33. The number of hydrogen-bond acceptors (Lipinski definition) is 1. The number of nitrogens with one attached hydrogen (secondary N) is 1. The van der Waals surface area contributed by atoms with Crippen LogP contribution in [0.1, 0.15) is 45.4 Å². The van der Waals surface area contributed by atoms with Gasteiger partial charge in [-0.25, -0.2) is 0 Å². The standard InChI is InChI=1S/C11H21N/c1-2-3-4-5-8-11-9-6-7-10-12-11/h3-4,11-12H,2,5-10H2,1H3. The Morgan fingerprint density at radius 1 is 1.33 bits per heavy atom. The van der Waals surface area contributed by atoms with Crippen LogP contribution in [0.3, 0.4) is 0 Å². The molecule has 12 heavy (non-hydrogen) atoms. The Bertz CT molecular complexity index is 123. The van der Waals surface area contributed by atoms with E-state index in [1.807, 2.05) is 0 Å². The summed E-state index contributed by atoms with van der Waals surface area (Å²) in [5.74, 6) is 0. The van der Waals surface area contributed by atoms with E-state index in [0.29, 0.717) is 0 Å². The highest BCUT2D eigenvalue weighted by atomic mass is 14.9. The quantitative estimate of drug-likeness (QED) is 0.635. The third-order valence-corrected chi connectivity index (χ3v) is 2.50. The van der Waals surface area contributed by atoms with Crippen LogP contribution in [-0.4, -0.2) is 12.6 Å². The van der Waals surface area contributed by atoms with E-state index in [2.05, 4.69) is 24.4 Å². The molecule has 0 aliphatic carbocycles. The average molecular weight is 167 g/mol. The van der Waals surface area contributed by atoms with Crippen molar-refractivity contribution in [3.8, 4) is 0 Å². The number of hydrogen-bond donors (Lipinski definition) is 1. The second kappa shape index (κ2) is 6.24. The molecule has 70 valence electrons. The lowest BCUT2D eigenvalue weighted by molar-refractivity contribution is 0.384. The summed E-state index contributed by atoms with van der Waals surface area (Å²) in [7, 11) is 0. The first kappa shape index (κ1) is 9.79. The van der Waals surface area contributed by atoms with Crippen molar-refractivity contribution in [2.75, 3.05) is 6.54 Å². The van der Waals surface area contributed by atoms with Crippen LogP contribution in [0.25, 0.3) is 0 Å². The second-order valence-electron chi connectivity index (χ2n) is 3.60. The molecule has 0 amide bonds. The Kier molecular flexibility index (Phi) is 5.09. The van der Waals surface area contributed by atoms with Crippen molar-refractivity contribution in [3.05, 3.63) is 12.2 Å². The van der Waals surface area contributed by atoms with Gasteiger partial charge in [-0.15, -0.1) is 0 Å². The molecule has 0 aromatic rings. The average Bonchev–Trinajstić information content (AvgIpc) is 2.14. The van der Waals surface area contributed by atoms with E-state index in [9.17, 15) is 0 Å². The van der Waals surface area contributed by atoms with Crippen molar-refractivity contribution in [1.82, 2.24) is 5.32 Å². The molecule has 1 rings (SSSR count). The highest BCUT2D eigenvalue weighted by Crippen LogP contribution is 2.11. The second-order valence-corrected chi connectivity index (χ2v) is 3.60. The maximum Gasteiger partial charge on any atom is 0.00700 e. The van der Waals surface area contributed by atoms with E-state index in [-0.39, 0.29) is 0 Å². The first-order chi connectivity index (χ1) is 5.93. The van der Waals surface area contributed by atoms with E-state index in [1.165, 1.54) is 45.1 Å². The van der Waals surface area contributed by atoms with E-state index >= 15 is 0 Å².